The molecule has 0 bridgehead atoms. The Labute approximate surface area is 213 Å². The molecule has 2 aromatic heterocycles. The van der Waals surface area contributed by atoms with E-state index >= 15 is 0 Å². The Morgan fingerprint density at radius 3 is 1.76 bits per heavy atom. The van der Waals surface area contributed by atoms with Crippen LogP contribution in [0.5, 0.6) is 0 Å². The van der Waals surface area contributed by atoms with Gasteiger partial charge in [0.2, 0.25) is 0 Å². The first-order valence-electron chi connectivity index (χ1n) is 11.5. The number of halogens is 2. The lowest BCUT2D eigenvalue weighted by Crippen LogP contribution is -2.03. The smallest absolute Gasteiger partial charge is 0.195 e. The highest BCUT2D eigenvalue weighted by Crippen LogP contribution is 2.51. The fourth-order valence-electron chi connectivity index (χ4n) is 6.02. The van der Waals surface area contributed by atoms with Crippen LogP contribution >= 0.6 is 31.9 Å². The third kappa shape index (κ3) is 2.49. The Balaban J connectivity index is 1.87. The minimum Gasteiger partial charge on any atom is -0.339 e. The molecule has 0 saturated heterocycles. The Bertz CT molecular complexity index is 1810. The highest BCUT2D eigenvalue weighted by Gasteiger charge is 2.35. The summed E-state index contributed by atoms with van der Waals surface area (Å²) in [6, 6.07) is 25.3. The molecule has 0 fully saturated rings. The summed E-state index contributed by atoms with van der Waals surface area (Å²) in [5, 5.41) is 6.40. The number of aryl methyl sites for hydroxylation is 2. The van der Waals surface area contributed by atoms with Gasteiger partial charge in [0, 0.05) is 73.0 Å². The maximum absolute atomic E-state index is 14.0. The van der Waals surface area contributed by atoms with Crippen molar-refractivity contribution in [3.8, 4) is 11.1 Å². The monoisotopic (exact) mass is 570 g/mol. The van der Waals surface area contributed by atoms with Crippen LogP contribution in [0.2, 0.25) is 0 Å². The second-order valence-electron chi connectivity index (χ2n) is 8.79. The SMILES string of the molecule is O=C1c2ccccc2-c2c1c1c3ccccc3n(CCBr)c1c1c3ccccc3n(CCBr)c21. The van der Waals surface area contributed by atoms with Crippen LogP contribution in [0.4, 0.5) is 0 Å². The molecule has 2 heterocycles. The van der Waals surface area contributed by atoms with E-state index in [9.17, 15) is 4.79 Å². The average Bonchev–Trinajstić information content (AvgIpc) is 3.47. The summed E-state index contributed by atoms with van der Waals surface area (Å²) in [5.41, 5.74) is 8.51. The van der Waals surface area contributed by atoms with Crippen molar-refractivity contribution in [2.75, 3.05) is 10.7 Å². The van der Waals surface area contributed by atoms with Crippen LogP contribution < -0.4 is 0 Å². The fraction of sp³-hybridized carbons (Fsp3) is 0.138. The predicted molar refractivity (Wildman–Crippen MR) is 149 cm³/mol. The number of nitrogens with zero attached hydrogens (tertiary/aromatic N) is 2. The van der Waals surface area contributed by atoms with Gasteiger partial charge in [0.05, 0.1) is 11.0 Å². The molecule has 0 spiro atoms. The number of alkyl halides is 2. The number of fused-ring (bicyclic) bond motifs is 12. The number of ketones is 1. The zero-order valence-electron chi connectivity index (χ0n) is 18.3. The normalized spacial score (nSPS) is 12.9. The molecule has 1 aliphatic carbocycles. The molecule has 1 aliphatic rings. The van der Waals surface area contributed by atoms with Crippen LogP contribution in [0.1, 0.15) is 15.9 Å². The van der Waals surface area contributed by atoms with E-state index in [0.717, 1.165) is 56.8 Å². The van der Waals surface area contributed by atoms with Crippen LogP contribution in [-0.4, -0.2) is 25.6 Å². The van der Waals surface area contributed by atoms with E-state index in [-0.39, 0.29) is 5.78 Å². The Kier molecular flexibility index (Phi) is 4.55. The summed E-state index contributed by atoms with van der Waals surface area (Å²) >= 11 is 7.37. The minimum absolute atomic E-state index is 0.134. The number of hydrogen-bond donors (Lipinski definition) is 0. The van der Waals surface area contributed by atoms with Gasteiger partial charge < -0.3 is 9.13 Å². The molecule has 34 heavy (non-hydrogen) atoms. The molecule has 0 atom stereocenters. The maximum Gasteiger partial charge on any atom is 0.195 e. The van der Waals surface area contributed by atoms with Gasteiger partial charge in [-0.15, -0.1) is 0 Å². The van der Waals surface area contributed by atoms with Crippen molar-refractivity contribution in [1.82, 2.24) is 9.13 Å². The number of carbonyl (C=O) groups excluding carboxylic acids is 1. The number of rotatable bonds is 4. The van der Waals surface area contributed by atoms with Crippen molar-refractivity contribution in [2.45, 2.75) is 13.1 Å². The summed E-state index contributed by atoms with van der Waals surface area (Å²) in [6.07, 6.45) is 0. The van der Waals surface area contributed by atoms with E-state index in [4.69, 9.17) is 0 Å². The lowest BCUT2D eigenvalue weighted by atomic mass is 9.96. The van der Waals surface area contributed by atoms with Gasteiger partial charge in [-0.2, -0.15) is 0 Å². The lowest BCUT2D eigenvalue weighted by Gasteiger charge is -2.13. The Morgan fingerprint density at radius 2 is 1.12 bits per heavy atom. The summed E-state index contributed by atoms with van der Waals surface area (Å²) in [7, 11) is 0. The largest absolute Gasteiger partial charge is 0.339 e. The van der Waals surface area contributed by atoms with E-state index < -0.39 is 0 Å². The van der Waals surface area contributed by atoms with E-state index in [0.29, 0.717) is 0 Å². The number of benzene rings is 4. The quantitative estimate of drug-likeness (QED) is 0.197. The van der Waals surface area contributed by atoms with Gasteiger partial charge in [0.1, 0.15) is 0 Å². The fourth-order valence-corrected chi connectivity index (χ4v) is 6.73. The summed E-state index contributed by atoms with van der Waals surface area (Å²) in [4.78, 5) is 14.0. The molecule has 5 heteroatoms. The van der Waals surface area contributed by atoms with Crippen molar-refractivity contribution >= 4 is 81.3 Å². The van der Waals surface area contributed by atoms with Gasteiger partial charge in [-0.1, -0.05) is 92.5 Å². The highest BCUT2D eigenvalue weighted by atomic mass is 79.9. The second kappa shape index (κ2) is 7.56. The van der Waals surface area contributed by atoms with Gasteiger partial charge in [-0.3, -0.25) is 4.79 Å². The van der Waals surface area contributed by atoms with E-state index in [1.165, 1.54) is 32.8 Å². The van der Waals surface area contributed by atoms with Gasteiger partial charge in [0.15, 0.2) is 5.78 Å². The number of carbonyl (C=O) groups is 1. The third-order valence-electron chi connectivity index (χ3n) is 7.20. The molecule has 0 radical (unpaired) electrons. The van der Waals surface area contributed by atoms with Gasteiger partial charge >= 0.3 is 0 Å². The van der Waals surface area contributed by atoms with E-state index in [2.05, 4.69) is 95.6 Å². The molecule has 6 aromatic rings. The van der Waals surface area contributed by atoms with Gasteiger partial charge in [-0.05, 0) is 17.7 Å². The first kappa shape index (κ1) is 20.5. The summed E-state index contributed by atoms with van der Waals surface area (Å²) in [5.74, 6) is 0.134. The Hall–Kier alpha value is -2.89. The number of para-hydroxylation sites is 2. The minimum atomic E-state index is 0.134. The first-order chi connectivity index (χ1) is 16.8. The predicted octanol–water partition coefficient (Wildman–Crippen LogP) is 7.90. The molecule has 7 rings (SSSR count). The summed E-state index contributed by atoms with van der Waals surface area (Å²) in [6.45, 7) is 1.66. The topological polar surface area (TPSA) is 26.9 Å². The molecular formula is C29H20Br2N2O. The molecule has 0 aliphatic heterocycles. The van der Waals surface area contributed by atoms with Crippen molar-refractivity contribution in [2.24, 2.45) is 0 Å². The molecule has 0 saturated carbocycles. The summed E-state index contributed by atoms with van der Waals surface area (Å²) < 4.78 is 4.81. The number of hydrogen-bond acceptors (Lipinski definition) is 1. The van der Waals surface area contributed by atoms with Crippen molar-refractivity contribution in [3.05, 3.63) is 83.9 Å². The van der Waals surface area contributed by atoms with E-state index in [1.54, 1.807) is 0 Å². The van der Waals surface area contributed by atoms with Crippen LogP contribution in [0.15, 0.2) is 72.8 Å². The molecule has 4 aromatic carbocycles. The zero-order valence-corrected chi connectivity index (χ0v) is 21.5. The third-order valence-corrected chi connectivity index (χ3v) is 7.91. The molecule has 0 unspecified atom stereocenters. The molecule has 3 nitrogen and oxygen atoms in total. The number of aromatic nitrogens is 2. The van der Waals surface area contributed by atoms with Gasteiger partial charge in [0.25, 0.3) is 0 Å². The first-order valence-corrected chi connectivity index (χ1v) is 13.7. The van der Waals surface area contributed by atoms with Crippen LogP contribution in [0.25, 0.3) is 54.7 Å². The Morgan fingerprint density at radius 1 is 0.588 bits per heavy atom. The average molecular weight is 572 g/mol. The second-order valence-corrected chi connectivity index (χ2v) is 10.4. The highest BCUT2D eigenvalue weighted by molar-refractivity contribution is 9.09. The van der Waals surface area contributed by atoms with E-state index in [1.807, 2.05) is 18.2 Å². The standard InChI is InChI=1S/C29H20Br2N2O/c30-13-15-32-21-11-5-3-9-19(21)24-26-23(17-7-1-2-8-18(17)29(26)34)27-25(28(24)32)20-10-4-6-12-22(20)33(27)16-14-31/h1-12H,13-16H2. The maximum atomic E-state index is 14.0. The van der Waals surface area contributed by atoms with Crippen molar-refractivity contribution < 1.29 is 4.79 Å². The van der Waals surface area contributed by atoms with Crippen LogP contribution in [0.3, 0.4) is 0 Å². The molecule has 0 N–H and O–H groups in total. The zero-order chi connectivity index (χ0) is 23.0. The molecule has 0 amide bonds. The van der Waals surface area contributed by atoms with Crippen molar-refractivity contribution in [1.29, 1.82) is 0 Å². The van der Waals surface area contributed by atoms with Gasteiger partial charge in [-0.25, -0.2) is 0 Å². The van der Waals surface area contributed by atoms with Crippen molar-refractivity contribution in [3.63, 3.8) is 0 Å². The lowest BCUT2D eigenvalue weighted by molar-refractivity contribution is 0.104. The molecular weight excluding hydrogens is 552 g/mol. The van der Waals surface area contributed by atoms with Crippen LogP contribution in [0, 0.1) is 0 Å². The molecule has 166 valence electrons. The van der Waals surface area contributed by atoms with Crippen LogP contribution in [-0.2, 0) is 13.1 Å².